The van der Waals surface area contributed by atoms with Gasteiger partial charge in [-0.05, 0) is 42.5 Å². The third-order valence-corrected chi connectivity index (χ3v) is 4.94. The summed E-state index contributed by atoms with van der Waals surface area (Å²) in [7, 11) is 4.90. The third-order valence-electron chi connectivity index (χ3n) is 4.94. The number of aromatic nitrogens is 2. The maximum absolute atomic E-state index is 6.00. The predicted octanol–water partition coefficient (Wildman–Crippen LogP) is 4.81. The van der Waals surface area contributed by atoms with E-state index in [1.54, 1.807) is 21.3 Å². The molecular formula is C24H24N2O4. The summed E-state index contributed by atoms with van der Waals surface area (Å²) in [4.78, 5) is 4.86. The first-order valence-electron chi connectivity index (χ1n) is 9.68. The van der Waals surface area contributed by atoms with E-state index in [9.17, 15) is 0 Å². The molecule has 0 spiro atoms. The number of fused-ring (bicyclic) bond motifs is 1. The highest BCUT2D eigenvalue weighted by molar-refractivity contribution is 5.81. The lowest BCUT2D eigenvalue weighted by Gasteiger charge is -2.14. The van der Waals surface area contributed by atoms with Crippen molar-refractivity contribution in [3.05, 3.63) is 66.7 Å². The monoisotopic (exact) mass is 404 g/mol. The van der Waals surface area contributed by atoms with Gasteiger partial charge in [0.15, 0.2) is 23.0 Å². The van der Waals surface area contributed by atoms with Crippen molar-refractivity contribution in [2.24, 2.45) is 0 Å². The van der Waals surface area contributed by atoms with Crippen LogP contribution in [0.5, 0.6) is 23.0 Å². The first-order valence-corrected chi connectivity index (χ1v) is 9.68. The average molecular weight is 404 g/mol. The van der Waals surface area contributed by atoms with Crippen LogP contribution in [0.1, 0.15) is 0 Å². The van der Waals surface area contributed by atoms with Gasteiger partial charge in [0, 0.05) is 5.56 Å². The fraction of sp³-hybridized carbons (Fsp3) is 0.208. The minimum absolute atomic E-state index is 0.473. The molecule has 3 aromatic carbocycles. The van der Waals surface area contributed by atoms with Gasteiger partial charge in [0.2, 0.25) is 0 Å². The number of hydrogen-bond acceptors (Lipinski definition) is 5. The van der Waals surface area contributed by atoms with Gasteiger partial charge in [0.05, 0.1) is 38.9 Å². The van der Waals surface area contributed by atoms with Crippen LogP contribution in [-0.2, 0) is 6.54 Å². The predicted molar refractivity (Wildman–Crippen MR) is 117 cm³/mol. The topological polar surface area (TPSA) is 54.7 Å². The number of methoxy groups -OCH3 is 3. The molecule has 154 valence electrons. The van der Waals surface area contributed by atoms with Crippen LogP contribution in [0.25, 0.3) is 22.4 Å². The standard InChI is InChI=1S/C24H24N2O4/c1-27-20-10-6-7-11-22(20)30-15-14-26-19-9-5-4-8-18(19)25-24(26)17-12-13-21(28-2)23(16-17)29-3/h4-13,16H,14-15H2,1-3H3. The normalized spacial score (nSPS) is 10.8. The van der Waals surface area contributed by atoms with Crippen LogP contribution >= 0.6 is 0 Å². The molecule has 0 amide bonds. The van der Waals surface area contributed by atoms with Crippen LogP contribution < -0.4 is 18.9 Å². The van der Waals surface area contributed by atoms with Gasteiger partial charge < -0.3 is 23.5 Å². The summed E-state index contributed by atoms with van der Waals surface area (Å²) in [6, 6.07) is 21.5. The van der Waals surface area contributed by atoms with E-state index in [1.165, 1.54) is 0 Å². The lowest BCUT2D eigenvalue weighted by molar-refractivity contribution is 0.281. The largest absolute Gasteiger partial charge is 0.493 e. The Kier molecular flexibility index (Phi) is 5.75. The Bertz CT molecular complexity index is 1150. The Hall–Kier alpha value is -3.67. The van der Waals surface area contributed by atoms with Gasteiger partial charge in [0.25, 0.3) is 0 Å². The zero-order valence-corrected chi connectivity index (χ0v) is 17.3. The van der Waals surface area contributed by atoms with Gasteiger partial charge >= 0.3 is 0 Å². The van der Waals surface area contributed by atoms with Gasteiger partial charge in [-0.1, -0.05) is 24.3 Å². The number of rotatable bonds is 8. The molecule has 0 N–H and O–H groups in total. The summed E-state index contributed by atoms with van der Waals surface area (Å²) in [6.45, 7) is 1.10. The second-order valence-corrected chi connectivity index (χ2v) is 6.64. The van der Waals surface area contributed by atoms with Crippen LogP contribution in [0, 0.1) is 0 Å². The quantitative estimate of drug-likeness (QED) is 0.422. The molecular weight excluding hydrogens is 380 g/mol. The van der Waals surface area contributed by atoms with Crippen LogP contribution in [0.3, 0.4) is 0 Å². The van der Waals surface area contributed by atoms with E-state index < -0.39 is 0 Å². The molecule has 0 bridgehead atoms. The van der Waals surface area contributed by atoms with Crippen molar-refractivity contribution in [2.75, 3.05) is 27.9 Å². The molecule has 1 heterocycles. The average Bonchev–Trinajstić information content (AvgIpc) is 3.17. The van der Waals surface area contributed by atoms with Crippen molar-refractivity contribution in [2.45, 2.75) is 6.54 Å². The van der Waals surface area contributed by atoms with E-state index >= 15 is 0 Å². The van der Waals surface area contributed by atoms with Gasteiger partial charge in [-0.15, -0.1) is 0 Å². The maximum Gasteiger partial charge on any atom is 0.161 e. The zero-order valence-electron chi connectivity index (χ0n) is 17.3. The first kappa shape index (κ1) is 19.6. The van der Waals surface area contributed by atoms with Crippen molar-refractivity contribution < 1.29 is 18.9 Å². The number of imidazole rings is 1. The second-order valence-electron chi connectivity index (χ2n) is 6.64. The number of benzene rings is 3. The van der Waals surface area contributed by atoms with Crippen LogP contribution in [0.4, 0.5) is 0 Å². The molecule has 6 nitrogen and oxygen atoms in total. The Morgan fingerprint density at radius 3 is 2.17 bits per heavy atom. The summed E-state index contributed by atoms with van der Waals surface area (Å²) in [5.41, 5.74) is 2.92. The number of ether oxygens (including phenoxy) is 4. The molecule has 1 aromatic heterocycles. The molecule has 4 aromatic rings. The van der Waals surface area contributed by atoms with Crippen LogP contribution in [0.2, 0.25) is 0 Å². The summed E-state index contributed by atoms with van der Waals surface area (Å²) in [5.74, 6) is 3.63. The Labute approximate surface area is 175 Å². The molecule has 0 aliphatic rings. The van der Waals surface area contributed by atoms with E-state index in [0.29, 0.717) is 30.4 Å². The highest BCUT2D eigenvalue weighted by Crippen LogP contribution is 2.33. The lowest BCUT2D eigenvalue weighted by Crippen LogP contribution is -2.10. The summed E-state index contributed by atoms with van der Waals surface area (Å²) in [6.07, 6.45) is 0. The lowest BCUT2D eigenvalue weighted by atomic mass is 10.2. The Morgan fingerprint density at radius 2 is 1.40 bits per heavy atom. The van der Waals surface area contributed by atoms with E-state index in [2.05, 4.69) is 10.6 Å². The highest BCUT2D eigenvalue weighted by atomic mass is 16.5. The van der Waals surface area contributed by atoms with E-state index in [0.717, 1.165) is 28.2 Å². The number of nitrogens with zero attached hydrogens (tertiary/aromatic N) is 2. The zero-order chi connectivity index (χ0) is 20.9. The second kappa shape index (κ2) is 8.78. The Balaban J connectivity index is 1.67. The van der Waals surface area contributed by atoms with Crippen molar-refractivity contribution in [3.8, 4) is 34.4 Å². The molecule has 0 saturated heterocycles. The van der Waals surface area contributed by atoms with Crippen LogP contribution in [-0.4, -0.2) is 37.5 Å². The van der Waals surface area contributed by atoms with Gasteiger partial charge in [-0.2, -0.15) is 0 Å². The first-order chi connectivity index (χ1) is 14.7. The Morgan fingerprint density at radius 1 is 0.733 bits per heavy atom. The van der Waals surface area contributed by atoms with Gasteiger partial charge in [0.1, 0.15) is 12.4 Å². The summed E-state index contributed by atoms with van der Waals surface area (Å²) >= 11 is 0. The fourth-order valence-electron chi connectivity index (χ4n) is 3.48. The molecule has 6 heteroatoms. The molecule has 0 saturated carbocycles. The third kappa shape index (κ3) is 3.76. The van der Waals surface area contributed by atoms with Gasteiger partial charge in [-0.25, -0.2) is 4.98 Å². The molecule has 0 aliphatic heterocycles. The van der Waals surface area contributed by atoms with E-state index in [4.69, 9.17) is 23.9 Å². The molecule has 0 fully saturated rings. The van der Waals surface area contributed by atoms with Crippen molar-refractivity contribution in [3.63, 3.8) is 0 Å². The summed E-state index contributed by atoms with van der Waals surface area (Å²) in [5, 5.41) is 0. The molecule has 30 heavy (non-hydrogen) atoms. The van der Waals surface area contributed by atoms with Crippen molar-refractivity contribution in [1.29, 1.82) is 0 Å². The van der Waals surface area contributed by atoms with Crippen molar-refractivity contribution >= 4 is 11.0 Å². The molecule has 4 rings (SSSR count). The minimum atomic E-state index is 0.473. The van der Waals surface area contributed by atoms with E-state index in [-0.39, 0.29) is 0 Å². The van der Waals surface area contributed by atoms with Crippen LogP contribution in [0.15, 0.2) is 66.7 Å². The number of hydrogen-bond donors (Lipinski definition) is 0. The minimum Gasteiger partial charge on any atom is -0.493 e. The molecule has 0 unspecified atom stereocenters. The highest BCUT2D eigenvalue weighted by Gasteiger charge is 2.15. The number of para-hydroxylation sites is 4. The summed E-state index contributed by atoms with van der Waals surface area (Å²) < 4.78 is 24.4. The van der Waals surface area contributed by atoms with Crippen molar-refractivity contribution in [1.82, 2.24) is 9.55 Å². The molecule has 0 radical (unpaired) electrons. The fourth-order valence-corrected chi connectivity index (χ4v) is 3.48. The van der Waals surface area contributed by atoms with Gasteiger partial charge in [-0.3, -0.25) is 0 Å². The molecule has 0 aliphatic carbocycles. The smallest absolute Gasteiger partial charge is 0.161 e. The van der Waals surface area contributed by atoms with E-state index in [1.807, 2.05) is 60.7 Å². The molecule has 0 atom stereocenters. The SMILES string of the molecule is COc1ccc(-c2nc3ccccc3n2CCOc2ccccc2OC)cc1OC. The maximum atomic E-state index is 6.00.